The predicted octanol–water partition coefficient (Wildman–Crippen LogP) is 5.54. The topological polar surface area (TPSA) is 0 Å². The molecule has 2 atom stereocenters. The zero-order valence-corrected chi connectivity index (χ0v) is 31.3. The van der Waals surface area contributed by atoms with Gasteiger partial charge in [0.1, 0.15) is 0 Å². The number of rotatable bonds is 6. The summed E-state index contributed by atoms with van der Waals surface area (Å²) in [7, 11) is 0. The Balaban J connectivity index is 0.00000184. The van der Waals surface area contributed by atoms with E-state index in [2.05, 4.69) is 139 Å². The molecule has 1 fully saturated rings. The van der Waals surface area contributed by atoms with Gasteiger partial charge in [-0.05, 0) is 0 Å². The number of fused-ring (bicyclic) bond motifs is 2. The SMILES string of the molecule is Cc1ccc(-c2cccc3c2C=C(C(C)C)[CH]3[Hf+2]2([CH]3C(C(C)C)=Cc4c(-c5ccc(C)cc5)cccc43)[CH2][CH2]2)cc1.[Cl-].[Cl-]. The molecule has 3 aliphatic rings. The molecule has 4 aromatic rings. The van der Waals surface area contributed by atoms with Gasteiger partial charge in [-0.1, -0.05) is 0 Å². The van der Waals surface area contributed by atoms with Crippen LogP contribution in [0.15, 0.2) is 96.1 Å². The number of aryl methyl sites for hydroxylation is 2. The summed E-state index contributed by atoms with van der Waals surface area (Å²) in [5.74, 6) is 1.14. The van der Waals surface area contributed by atoms with Crippen molar-refractivity contribution in [2.75, 3.05) is 0 Å². The quantitative estimate of drug-likeness (QED) is 0.226. The molecule has 3 heteroatoms. The molecule has 220 valence electrons. The minimum absolute atomic E-state index is 0. The Morgan fingerprint density at radius 3 is 1.23 bits per heavy atom. The second-order valence-electron chi connectivity index (χ2n) is 13.5. The van der Waals surface area contributed by atoms with Crippen molar-refractivity contribution in [3.63, 3.8) is 0 Å². The van der Waals surface area contributed by atoms with Gasteiger partial charge < -0.3 is 24.8 Å². The Labute approximate surface area is 275 Å². The molecule has 2 aliphatic carbocycles. The molecule has 0 N–H and O–H groups in total. The summed E-state index contributed by atoms with van der Waals surface area (Å²) in [6.45, 7) is 14.1. The minimum atomic E-state index is -2.93. The molecule has 1 heterocycles. The molecule has 0 spiro atoms. The summed E-state index contributed by atoms with van der Waals surface area (Å²) < 4.78 is 4.39. The van der Waals surface area contributed by atoms with Crippen LogP contribution in [0.4, 0.5) is 0 Å². The molecule has 2 unspecified atom stereocenters. The van der Waals surface area contributed by atoms with Gasteiger partial charge in [-0.2, -0.15) is 0 Å². The Morgan fingerprint density at radius 2 is 0.907 bits per heavy atom. The van der Waals surface area contributed by atoms with Gasteiger partial charge in [-0.3, -0.25) is 0 Å². The molecule has 0 saturated carbocycles. The Bertz CT molecular complexity index is 1580. The van der Waals surface area contributed by atoms with Gasteiger partial charge in [-0.15, -0.1) is 0 Å². The third kappa shape index (κ3) is 5.38. The summed E-state index contributed by atoms with van der Waals surface area (Å²) >= 11 is -2.93. The van der Waals surface area contributed by atoms with Crippen LogP contribution < -0.4 is 24.8 Å². The van der Waals surface area contributed by atoms with Crippen LogP contribution in [0.25, 0.3) is 34.4 Å². The minimum Gasteiger partial charge on any atom is -1.00 e. The maximum Gasteiger partial charge on any atom is -1.00 e. The number of hydrogen-bond donors (Lipinski definition) is 0. The summed E-state index contributed by atoms with van der Waals surface area (Å²) in [5, 5.41) is 0. The smallest absolute Gasteiger partial charge is 1.00 e. The average Bonchev–Trinajstić information content (AvgIpc) is 3.47. The van der Waals surface area contributed by atoms with Crippen LogP contribution in [-0.4, -0.2) is 0 Å². The van der Waals surface area contributed by atoms with Crippen molar-refractivity contribution in [1.29, 1.82) is 0 Å². The van der Waals surface area contributed by atoms with Gasteiger partial charge in [0.2, 0.25) is 0 Å². The van der Waals surface area contributed by atoms with Crippen LogP contribution in [0.5, 0.6) is 0 Å². The Hall–Kier alpha value is -2.19. The number of hydrogen-bond acceptors (Lipinski definition) is 0. The molecule has 43 heavy (non-hydrogen) atoms. The van der Waals surface area contributed by atoms with E-state index < -0.39 is 20.0 Å². The van der Waals surface area contributed by atoms with Crippen molar-refractivity contribution in [3.8, 4) is 22.3 Å². The molecule has 0 radical (unpaired) electrons. The molecule has 0 nitrogen and oxygen atoms in total. The predicted molar refractivity (Wildman–Crippen MR) is 174 cm³/mol. The van der Waals surface area contributed by atoms with Crippen LogP contribution in [0, 0.1) is 25.7 Å². The summed E-state index contributed by atoms with van der Waals surface area (Å²) in [6.07, 6.45) is 5.27. The van der Waals surface area contributed by atoms with Gasteiger partial charge in [0, 0.05) is 0 Å². The van der Waals surface area contributed by atoms with E-state index in [0.29, 0.717) is 19.2 Å². The number of allylic oxidation sites excluding steroid dienone is 2. The molecule has 0 amide bonds. The normalized spacial score (nSPS) is 18.5. The average molecular weight is 772 g/mol. The fraction of sp³-hybridized carbons (Fsp3) is 0.300. The van der Waals surface area contributed by atoms with Gasteiger partial charge in [0.15, 0.2) is 0 Å². The molecule has 1 aliphatic heterocycles. The van der Waals surface area contributed by atoms with E-state index in [1.54, 1.807) is 22.3 Å². The van der Waals surface area contributed by atoms with Crippen molar-refractivity contribution in [2.24, 2.45) is 11.8 Å². The largest absolute Gasteiger partial charge is 1.00 e. The monoisotopic (exact) mass is 772 g/mol. The van der Waals surface area contributed by atoms with E-state index in [1.165, 1.54) is 52.9 Å². The first-order valence-corrected chi connectivity index (χ1v) is 24.8. The summed E-state index contributed by atoms with van der Waals surface area (Å²) in [6, 6.07) is 32.7. The molecule has 0 bridgehead atoms. The molecule has 7 rings (SSSR count). The summed E-state index contributed by atoms with van der Waals surface area (Å²) in [4.78, 5) is 0. The number of benzene rings is 4. The van der Waals surface area contributed by atoms with E-state index in [1.807, 2.05) is 0 Å². The third-order valence-corrected chi connectivity index (χ3v) is 29.1. The second-order valence-corrected chi connectivity index (χ2v) is 30.1. The van der Waals surface area contributed by atoms with Crippen molar-refractivity contribution >= 4 is 12.2 Å². The molecule has 1 saturated heterocycles. The van der Waals surface area contributed by atoms with E-state index >= 15 is 0 Å². The van der Waals surface area contributed by atoms with Crippen molar-refractivity contribution in [3.05, 3.63) is 129 Å². The maximum atomic E-state index is 2.64. The fourth-order valence-electron chi connectivity index (χ4n) is 7.99. The Morgan fingerprint density at radius 1 is 0.535 bits per heavy atom. The standard InChI is InChI=1S/2C19H19.C2H4.2ClH.Hf/c2*1-13(2)17-11-16-5-4-6-18(19(16)12-17)15-9-7-14(3)8-10-15;1-2;;;/h2*4-13H,1-3H3;1-2H2;2*1H;/q;;;;;+2/p-2. The third-order valence-electron chi connectivity index (χ3n) is 10.2. The van der Waals surface area contributed by atoms with Crippen LogP contribution in [0.1, 0.15) is 68.4 Å². The van der Waals surface area contributed by atoms with Gasteiger partial charge in [-0.25, -0.2) is 0 Å². The van der Waals surface area contributed by atoms with E-state index in [-0.39, 0.29) is 24.8 Å². The Kier molecular flexibility index (Phi) is 9.22. The molecular formula is C40H42Cl2Hf. The molecule has 4 aromatic carbocycles. The fourth-order valence-corrected chi connectivity index (χ4v) is 36.9. The second kappa shape index (κ2) is 12.3. The van der Waals surface area contributed by atoms with Crippen LogP contribution in [-0.2, 0) is 20.0 Å². The molecular weight excluding hydrogens is 730 g/mol. The zero-order chi connectivity index (χ0) is 28.5. The van der Waals surface area contributed by atoms with E-state index in [9.17, 15) is 0 Å². The van der Waals surface area contributed by atoms with Gasteiger partial charge in [0.05, 0.1) is 0 Å². The maximum absolute atomic E-state index is 2.93. The first kappa shape index (κ1) is 32.2. The van der Waals surface area contributed by atoms with E-state index in [4.69, 9.17) is 0 Å². The van der Waals surface area contributed by atoms with Crippen LogP contribution in [0.3, 0.4) is 0 Å². The zero-order valence-electron chi connectivity index (χ0n) is 26.2. The first-order valence-electron chi connectivity index (χ1n) is 15.6. The van der Waals surface area contributed by atoms with Crippen LogP contribution in [0.2, 0.25) is 8.35 Å². The van der Waals surface area contributed by atoms with Gasteiger partial charge in [0.25, 0.3) is 0 Å². The van der Waals surface area contributed by atoms with E-state index in [0.717, 1.165) is 0 Å². The number of halogens is 2. The van der Waals surface area contributed by atoms with Gasteiger partial charge >= 0.3 is 253 Å². The van der Waals surface area contributed by atoms with Crippen LogP contribution >= 0.6 is 0 Å². The van der Waals surface area contributed by atoms with Crippen molar-refractivity contribution in [1.82, 2.24) is 0 Å². The molecule has 0 aromatic heterocycles. The van der Waals surface area contributed by atoms with Crippen molar-refractivity contribution < 1.29 is 44.8 Å². The first-order chi connectivity index (χ1) is 19.8. The summed E-state index contributed by atoms with van der Waals surface area (Å²) in [5.41, 5.74) is 18.0. The van der Waals surface area contributed by atoms with Crippen molar-refractivity contribution in [2.45, 2.75) is 57.2 Å².